The molecule has 0 saturated carbocycles. The summed E-state index contributed by atoms with van der Waals surface area (Å²) in [5.41, 5.74) is 0.305. The molecule has 156 valence electrons. The van der Waals surface area contributed by atoms with Crippen molar-refractivity contribution in [1.82, 2.24) is 5.32 Å². The van der Waals surface area contributed by atoms with E-state index in [0.717, 1.165) is 11.0 Å². The van der Waals surface area contributed by atoms with Gasteiger partial charge in [-0.05, 0) is 38.1 Å². The average molecular weight is 434 g/mol. The molecule has 0 aliphatic carbocycles. The van der Waals surface area contributed by atoms with Crippen LogP contribution in [-0.2, 0) is 9.53 Å². The van der Waals surface area contributed by atoms with Crippen LogP contribution in [-0.4, -0.2) is 23.5 Å². The number of benzene rings is 2. The monoisotopic (exact) mass is 433 g/mol. The van der Waals surface area contributed by atoms with E-state index in [-0.39, 0.29) is 39.8 Å². The van der Waals surface area contributed by atoms with Gasteiger partial charge in [-0.1, -0.05) is 23.7 Å². The molecule has 1 aliphatic heterocycles. The summed E-state index contributed by atoms with van der Waals surface area (Å²) < 4.78 is 18.7. The molecule has 2 aromatic carbocycles. The lowest BCUT2D eigenvalue weighted by atomic mass is 9.93. The van der Waals surface area contributed by atoms with E-state index in [0.29, 0.717) is 0 Å². The van der Waals surface area contributed by atoms with Gasteiger partial charge in [0.1, 0.15) is 5.82 Å². The number of para-hydroxylation sites is 1. The van der Waals surface area contributed by atoms with Crippen LogP contribution in [0, 0.1) is 15.9 Å². The highest BCUT2D eigenvalue weighted by atomic mass is 35.5. The fourth-order valence-corrected chi connectivity index (χ4v) is 3.46. The second kappa shape index (κ2) is 8.50. The number of nitrogens with one attached hydrogen (secondary N) is 1. The van der Waals surface area contributed by atoms with Gasteiger partial charge in [0.25, 0.3) is 5.69 Å². The minimum atomic E-state index is -1.11. The summed E-state index contributed by atoms with van der Waals surface area (Å²) >= 11 is 5.84. The molecule has 1 unspecified atom stereocenters. The van der Waals surface area contributed by atoms with E-state index in [1.165, 1.54) is 37.3 Å². The lowest BCUT2D eigenvalue weighted by Gasteiger charge is -2.35. The van der Waals surface area contributed by atoms with Crippen molar-refractivity contribution in [2.75, 3.05) is 11.5 Å². The number of halogens is 2. The van der Waals surface area contributed by atoms with E-state index in [4.69, 9.17) is 16.3 Å². The van der Waals surface area contributed by atoms with Crippen LogP contribution in [0.2, 0.25) is 5.02 Å². The Balaban J connectivity index is 2.20. The Labute approximate surface area is 176 Å². The zero-order valence-electron chi connectivity index (χ0n) is 16.0. The molecule has 0 fully saturated rings. The Morgan fingerprint density at radius 3 is 2.67 bits per heavy atom. The van der Waals surface area contributed by atoms with E-state index in [2.05, 4.69) is 5.32 Å². The third-order valence-electron chi connectivity index (χ3n) is 4.59. The van der Waals surface area contributed by atoms with E-state index < -0.39 is 28.8 Å². The fraction of sp³-hybridized carbons (Fsp3) is 0.200. The SMILES string of the molecule is CCOC(=O)C1=C(C)N(c2ccc(F)c(Cl)c2)C(=O)NC1c1ccccc1[N+](=O)[O-]. The molecular weight excluding hydrogens is 417 g/mol. The molecule has 0 spiro atoms. The maximum Gasteiger partial charge on any atom is 0.338 e. The van der Waals surface area contributed by atoms with Gasteiger partial charge in [-0.3, -0.25) is 15.0 Å². The van der Waals surface area contributed by atoms with E-state index in [1.807, 2.05) is 0 Å². The van der Waals surface area contributed by atoms with Crippen molar-refractivity contribution in [1.29, 1.82) is 0 Å². The van der Waals surface area contributed by atoms with E-state index in [1.54, 1.807) is 13.0 Å². The highest BCUT2D eigenvalue weighted by Gasteiger charge is 2.39. The number of nitro groups is 1. The van der Waals surface area contributed by atoms with Gasteiger partial charge in [-0.15, -0.1) is 0 Å². The first kappa shape index (κ1) is 21.3. The van der Waals surface area contributed by atoms with Crippen LogP contribution in [0.25, 0.3) is 0 Å². The number of amides is 2. The molecule has 0 bridgehead atoms. The molecule has 1 atom stereocenters. The third-order valence-corrected chi connectivity index (χ3v) is 4.88. The van der Waals surface area contributed by atoms with Gasteiger partial charge in [0.15, 0.2) is 0 Å². The van der Waals surface area contributed by atoms with Crippen LogP contribution in [0.3, 0.4) is 0 Å². The molecule has 1 aliphatic rings. The van der Waals surface area contributed by atoms with Crippen LogP contribution in [0.4, 0.5) is 20.6 Å². The molecule has 2 amide bonds. The molecule has 1 heterocycles. The van der Waals surface area contributed by atoms with Crippen molar-refractivity contribution in [2.24, 2.45) is 0 Å². The Kier molecular flexibility index (Phi) is 6.02. The van der Waals surface area contributed by atoms with Gasteiger partial charge in [-0.2, -0.15) is 0 Å². The van der Waals surface area contributed by atoms with Gasteiger partial charge in [-0.25, -0.2) is 14.0 Å². The van der Waals surface area contributed by atoms with Gasteiger partial charge >= 0.3 is 12.0 Å². The lowest BCUT2D eigenvalue weighted by Crippen LogP contribution is -2.48. The number of carbonyl (C=O) groups excluding carboxylic acids is 2. The van der Waals surface area contributed by atoms with Gasteiger partial charge in [0.2, 0.25) is 0 Å². The summed E-state index contributed by atoms with van der Waals surface area (Å²) in [5, 5.41) is 13.9. The van der Waals surface area contributed by atoms with Gasteiger partial charge < -0.3 is 10.1 Å². The third kappa shape index (κ3) is 3.84. The van der Waals surface area contributed by atoms with E-state index in [9.17, 15) is 24.1 Å². The van der Waals surface area contributed by atoms with Crippen molar-refractivity contribution in [3.8, 4) is 0 Å². The predicted molar refractivity (Wildman–Crippen MR) is 108 cm³/mol. The Morgan fingerprint density at radius 2 is 2.03 bits per heavy atom. The van der Waals surface area contributed by atoms with Crippen molar-refractivity contribution in [2.45, 2.75) is 19.9 Å². The van der Waals surface area contributed by atoms with Crippen molar-refractivity contribution < 1.29 is 23.6 Å². The lowest BCUT2D eigenvalue weighted by molar-refractivity contribution is -0.385. The number of hydrogen-bond acceptors (Lipinski definition) is 5. The number of ether oxygens (including phenoxy) is 1. The fourth-order valence-electron chi connectivity index (χ4n) is 3.28. The number of rotatable bonds is 5. The molecule has 3 rings (SSSR count). The minimum Gasteiger partial charge on any atom is -0.463 e. The van der Waals surface area contributed by atoms with Crippen LogP contribution >= 0.6 is 11.6 Å². The van der Waals surface area contributed by atoms with Crippen molar-refractivity contribution in [3.63, 3.8) is 0 Å². The number of carbonyl (C=O) groups is 2. The summed E-state index contributed by atoms with van der Waals surface area (Å²) in [7, 11) is 0. The standard InChI is InChI=1S/C20H17ClFN3O5/c1-3-30-19(26)17-11(2)24(12-8-9-15(22)14(21)10-12)20(27)23-18(17)13-6-4-5-7-16(13)25(28)29/h4-10,18H,3H2,1-2H3,(H,23,27). The van der Waals surface area contributed by atoms with Gasteiger partial charge in [0, 0.05) is 11.8 Å². The molecule has 0 aromatic heterocycles. The number of urea groups is 1. The second-order valence-corrected chi connectivity index (χ2v) is 6.76. The van der Waals surface area contributed by atoms with Crippen LogP contribution in [0.15, 0.2) is 53.7 Å². The molecule has 0 radical (unpaired) electrons. The number of allylic oxidation sites excluding steroid dienone is 1. The summed E-state index contributed by atoms with van der Waals surface area (Å²) in [6.45, 7) is 3.19. The Bertz CT molecular complexity index is 1070. The topological polar surface area (TPSA) is 102 Å². The Morgan fingerprint density at radius 1 is 1.33 bits per heavy atom. The maximum atomic E-state index is 13.6. The number of hydrogen-bond donors (Lipinski definition) is 1. The van der Waals surface area contributed by atoms with Crippen molar-refractivity contribution in [3.05, 3.63) is 80.3 Å². The molecule has 2 aromatic rings. The summed E-state index contributed by atoms with van der Waals surface area (Å²) in [6, 6.07) is 7.70. The zero-order chi connectivity index (χ0) is 22.0. The first-order chi connectivity index (χ1) is 14.3. The first-order valence-electron chi connectivity index (χ1n) is 8.93. The number of nitrogens with zero attached hydrogens (tertiary/aromatic N) is 2. The van der Waals surface area contributed by atoms with Crippen LogP contribution < -0.4 is 10.2 Å². The molecule has 10 heteroatoms. The summed E-state index contributed by atoms with van der Waals surface area (Å²) in [4.78, 5) is 37.7. The summed E-state index contributed by atoms with van der Waals surface area (Å²) in [5.74, 6) is -1.40. The van der Waals surface area contributed by atoms with Gasteiger partial charge in [0.05, 0.1) is 39.4 Å². The predicted octanol–water partition coefficient (Wildman–Crippen LogP) is 4.50. The molecule has 8 nitrogen and oxygen atoms in total. The highest BCUT2D eigenvalue weighted by molar-refractivity contribution is 6.31. The zero-order valence-corrected chi connectivity index (χ0v) is 16.8. The quantitative estimate of drug-likeness (QED) is 0.425. The number of nitro benzene ring substituents is 1. The van der Waals surface area contributed by atoms with E-state index >= 15 is 0 Å². The Hall–Kier alpha value is -3.46. The summed E-state index contributed by atoms with van der Waals surface area (Å²) in [6.07, 6.45) is 0. The molecule has 1 N–H and O–H groups in total. The average Bonchev–Trinajstić information content (AvgIpc) is 2.70. The number of esters is 1. The van der Waals surface area contributed by atoms with Crippen LogP contribution in [0.5, 0.6) is 0 Å². The van der Waals surface area contributed by atoms with Crippen molar-refractivity contribution >= 4 is 35.0 Å². The van der Waals surface area contributed by atoms with Crippen LogP contribution in [0.1, 0.15) is 25.5 Å². The highest BCUT2D eigenvalue weighted by Crippen LogP contribution is 2.38. The minimum absolute atomic E-state index is 0.0196. The normalized spacial score (nSPS) is 16.3. The molecule has 30 heavy (non-hydrogen) atoms. The molecular formula is C20H17ClFN3O5. The second-order valence-electron chi connectivity index (χ2n) is 6.35. The maximum absolute atomic E-state index is 13.6. The largest absolute Gasteiger partial charge is 0.463 e. The first-order valence-corrected chi connectivity index (χ1v) is 9.31. The smallest absolute Gasteiger partial charge is 0.338 e. The number of anilines is 1. The molecule has 0 saturated heterocycles.